The van der Waals surface area contributed by atoms with Gasteiger partial charge in [-0.3, -0.25) is 10.1 Å². The van der Waals surface area contributed by atoms with Gasteiger partial charge in [-0.15, -0.1) is 6.42 Å². The molecule has 1 N–H and O–H groups in total. The van der Waals surface area contributed by atoms with E-state index in [-0.39, 0.29) is 6.54 Å². The topological polar surface area (TPSA) is 64.6 Å². The van der Waals surface area contributed by atoms with E-state index < -0.39 is 23.6 Å². The highest BCUT2D eigenvalue weighted by Gasteiger charge is 2.23. The zero-order chi connectivity index (χ0) is 12.8. The molecule has 0 radical (unpaired) electrons. The van der Waals surface area contributed by atoms with Crippen LogP contribution in [0.4, 0.5) is 0 Å². The first-order valence-corrected chi connectivity index (χ1v) is 4.79. The van der Waals surface area contributed by atoms with Gasteiger partial charge in [0.15, 0.2) is 6.04 Å². The summed E-state index contributed by atoms with van der Waals surface area (Å²) < 4.78 is 9.46. The van der Waals surface area contributed by atoms with E-state index in [4.69, 9.17) is 11.2 Å². The van der Waals surface area contributed by atoms with Gasteiger partial charge in [-0.1, -0.05) is 5.92 Å². The van der Waals surface area contributed by atoms with Crippen molar-refractivity contribution in [1.82, 2.24) is 5.32 Å². The van der Waals surface area contributed by atoms with E-state index in [0.717, 1.165) is 0 Å². The Bertz CT molecular complexity index is 298. The van der Waals surface area contributed by atoms with Gasteiger partial charge in [0.2, 0.25) is 0 Å². The highest BCUT2D eigenvalue weighted by Crippen LogP contribution is 2.08. The van der Waals surface area contributed by atoms with Crippen LogP contribution in [0.3, 0.4) is 0 Å². The molecule has 0 aromatic rings. The number of ether oxygens (including phenoxy) is 2. The quantitative estimate of drug-likeness (QED) is 0.545. The number of carbonyl (C=O) groups is 2. The molecule has 0 saturated heterocycles. The van der Waals surface area contributed by atoms with E-state index in [0.29, 0.717) is 0 Å². The Hall–Kier alpha value is -1.54. The minimum Gasteiger partial charge on any atom is -0.468 e. The predicted octanol–water partition coefficient (Wildman–Crippen LogP) is 0.0925. The fourth-order valence-electron chi connectivity index (χ4n) is 0.829. The lowest BCUT2D eigenvalue weighted by atomic mass is 10.2. The molecule has 0 heterocycles. The molecule has 0 rings (SSSR count). The van der Waals surface area contributed by atoms with Crippen molar-refractivity contribution in [3.05, 3.63) is 0 Å². The molecule has 0 fully saturated rings. The van der Waals surface area contributed by atoms with E-state index in [1.165, 1.54) is 7.11 Å². The lowest BCUT2D eigenvalue weighted by Crippen LogP contribution is -2.42. The average Bonchev–Trinajstić information content (AvgIpc) is 2.15. The number of rotatable bonds is 4. The van der Waals surface area contributed by atoms with Gasteiger partial charge in [-0.2, -0.15) is 0 Å². The molecule has 16 heavy (non-hydrogen) atoms. The van der Waals surface area contributed by atoms with E-state index in [9.17, 15) is 9.59 Å². The van der Waals surface area contributed by atoms with Crippen LogP contribution in [0.15, 0.2) is 0 Å². The zero-order valence-electron chi connectivity index (χ0n) is 9.99. The molecule has 0 amide bonds. The molecule has 0 saturated carbocycles. The Morgan fingerprint density at radius 1 is 1.44 bits per heavy atom. The highest BCUT2D eigenvalue weighted by molar-refractivity contribution is 5.81. The number of methoxy groups -OCH3 is 1. The van der Waals surface area contributed by atoms with E-state index in [2.05, 4.69) is 16.0 Å². The summed E-state index contributed by atoms with van der Waals surface area (Å²) in [6, 6.07) is -0.946. The molecule has 0 aliphatic rings. The maximum absolute atomic E-state index is 11.5. The van der Waals surface area contributed by atoms with Gasteiger partial charge < -0.3 is 9.47 Å². The summed E-state index contributed by atoms with van der Waals surface area (Å²) in [7, 11) is 1.25. The van der Waals surface area contributed by atoms with Crippen molar-refractivity contribution in [2.75, 3.05) is 13.7 Å². The normalized spacial score (nSPS) is 12.4. The number of terminal acetylenes is 1. The second kappa shape index (κ2) is 6.13. The van der Waals surface area contributed by atoms with Gasteiger partial charge in [0, 0.05) is 0 Å². The van der Waals surface area contributed by atoms with Crippen LogP contribution in [0.25, 0.3) is 0 Å². The second-order valence-electron chi connectivity index (χ2n) is 4.09. The molecule has 0 aromatic heterocycles. The van der Waals surface area contributed by atoms with Crippen LogP contribution in [-0.4, -0.2) is 37.2 Å². The standard InChI is InChI=1S/C11H17NO4/c1-6-8(12-7-9(13)15-5)10(14)16-11(2,3)4/h1,8,12H,7H2,2-5H3. The highest BCUT2D eigenvalue weighted by atomic mass is 16.6. The lowest BCUT2D eigenvalue weighted by molar-refractivity contribution is -0.155. The molecule has 1 atom stereocenters. The molecule has 0 bridgehead atoms. The van der Waals surface area contributed by atoms with Crippen molar-refractivity contribution < 1.29 is 19.1 Å². The fraction of sp³-hybridized carbons (Fsp3) is 0.636. The first kappa shape index (κ1) is 14.5. The minimum absolute atomic E-state index is 0.134. The first-order valence-electron chi connectivity index (χ1n) is 4.79. The summed E-state index contributed by atoms with van der Waals surface area (Å²) in [4.78, 5) is 22.3. The number of carbonyl (C=O) groups excluding carboxylic acids is 2. The Morgan fingerprint density at radius 2 is 2.00 bits per heavy atom. The monoisotopic (exact) mass is 227 g/mol. The van der Waals surface area contributed by atoms with E-state index in [1.54, 1.807) is 20.8 Å². The Kier molecular flexibility index (Phi) is 5.54. The van der Waals surface area contributed by atoms with Gasteiger partial charge in [0.25, 0.3) is 0 Å². The van der Waals surface area contributed by atoms with Gasteiger partial charge in [-0.25, -0.2) is 4.79 Å². The third-order valence-electron chi connectivity index (χ3n) is 1.49. The molecular formula is C11H17NO4. The molecule has 0 aromatic carbocycles. The Labute approximate surface area is 95.5 Å². The lowest BCUT2D eigenvalue weighted by Gasteiger charge is -2.22. The van der Waals surface area contributed by atoms with Crippen molar-refractivity contribution in [2.24, 2.45) is 0 Å². The van der Waals surface area contributed by atoms with E-state index >= 15 is 0 Å². The van der Waals surface area contributed by atoms with Crippen molar-refractivity contribution in [1.29, 1.82) is 0 Å². The van der Waals surface area contributed by atoms with Gasteiger partial charge in [-0.05, 0) is 20.8 Å². The summed E-state index contributed by atoms with van der Waals surface area (Å²) >= 11 is 0. The maximum atomic E-state index is 11.5. The van der Waals surface area contributed by atoms with Crippen molar-refractivity contribution in [3.8, 4) is 12.3 Å². The summed E-state index contributed by atoms with van der Waals surface area (Å²) in [6.07, 6.45) is 5.15. The Morgan fingerprint density at radius 3 is 2.38 bits per heavy atom. The number of esters is 2. The van der Waals surface area contributed by atoms with Crippen LogP contribution in [0, 0.1) is 12.3 Å². The third-order valence-corrected chi connectivity index (χ3v) is 1.49. The van der Waals surface area contributed by atoms with Crippen LogP contribution in [0.1, 0.15) is 20.8 Å². The van der Waals surface area contributed by atoms with E-state index in [1.807, 2.05) is 0 Å². The smallest absolute Gasteiger partial charge is 0.336 e. The molecule has 0 spiro atoms. The summed E-state index contributed by atoms with van der Waals surface area (Å²) in [5.74, 6) is 1.13. The second-order valence-corrected chi connectivity index (χ2v) is 4.09. The number of nitrogens with one attached hydrogen (secondary N) is 1. The Balaban J connectivity index is 4.25. The van der Waals surface area contributed by atoms with Crippen LogP contribution in [0.5, 0.6) is 0 Å². The molecule has 5 heteroatoms. The average molecular weight is 227 g/mol. The number of hydrogen-bond acceptors (Lipinski definition) is 5. The summed E-state index contributed by atoms with van der Waals surface area (Å²) in [5, 5.41) is 2.56. The van der Waals surface area contributed by atoms with Crippen LogP contribution in [0.2, 0.25) is 0 Å². The zero-order valence-corrected chi connectivity index (χ0v) is 9.99. The van der Waals surface area contributed by atoms with Crippen LogP contribution < -0.4 is 5.32 Å². The van der Waals surface area contributed by atoms with Gasteiger partial charge in [0.1, 0.15) is 5.60 Å². The summed E-state index contributed by atoms with van der Waals surface area (Å²) in [6.45, 7) is 5.07. The van der Waals surface area contributed by atoms with Crippen molar-refractivity contribution in [2.45, 2.75) is 32.4 Å². The molecule has 0 aliphatic heterocycles. The van der Waals surface area contributed by atoms with Gasteiger partial charge in [0.05, 0.1) is 13.7 Å². The molecular weight excluding hydrogens is 210 g/mol. The minimum atomic E-state index is -0.946. The molecule has 5 nitrogen and oxygen atoms in total. The molecule has 90 valence electrons. The van der Waals surface area contributed by atoms with Crippen LogP contribution in [-0.2, 0) is 19.1 Å². The fourth-order valence-corrected chi connectivity index (χ4v) is 0.829. The summed E-state index contributed by atoms with van der Waals surface area (Å²) in [5.41, 5.74) is -0.612. The van der Waals surface area contributed by atoms with Crippen molar-refractivity contribution >= 4 is 11.9 Å². The molecule has 1 unspecified atom stereocenters. The largest absolute Gasteiger partial charge is 0.468 e. The predicted molar refractivity (Wildman–Crippen MR) is 58.5 cm³/mol. The van der Waals surface area contributed by atoms with Gasteiger partial charge >= 0.3 is 11.9 Å². The third kappa shape index (κ3) is 6.04. The maximum Gasteiger partial charge on any atom is 0.336 e. The van der Waals surface area contributed by atoms with Crippen molar-refractivity contribution in [3.63, 3.8) is 0 Å². The molecule has 0 aliphatic carbocycles. The van der Waals surface area contributed by atoms with Crippen LogP contribution >= 0.6 is 0 Å². The number of hydrogen-bond donors (Lipinski definition) is 1. The first-order chi connectivity index (χ1) is 7.30. The SMILES string of the molecule is C#CC(NCC(=O)OC)C(=O)OC(C)(C)C.